The summed E-state index contributed by atoms with van der Waals surface area (Å²) in [5.74, 6) is 0.451. The van der Waals surface area contributed by atoms with Crippen LogP contribution in [0, 0.1) is 0 Å². The summed E-state index contributed by atoms with van der Waals surface area (Å²) in [6.07, 6.45) is 17.7. The van der Waals surface area contributed by atoms with Crippen LogP contribution < -0.4 is 4.18 Å². The fraction of sp³-hybridized carbons (Fsp3) is 0.741. The Morgan fingerprint density at radius 1 is 0.971 bits per heavy atom. The van der Waals surface area contributed by atoms with Crippen LogP contribution in [0.25, 0.3) is 0 Å². The number of carbonyl (C=O) groups is 1. The second kappa shape index (κ2) is 16.1. The molecule has 2 rings (SSSR count). The predicted octanol–water partition coefficient (Wildman–Crippen LogP) is 6.23. The molecule has 34 heavy (non-hydrogen) atoms. The van der Waals surface area contributed by atoms with Crippen LogP contribution in [0.1, 0.15) is 102 Å². The Labute approximate surface area is 207 Å². The number of hydrogen-bond acceptors (Lipinski definition) is 5. The lowest BCUT2D eigenvalue weighted by Gasteiger charge is -2.26. The normalized spacial score (nSPS) is 16.0. The van der Waals surface area contributed by atoms with Crippen molar-refractivity contribution in [2.75, 3.05) is 19.4 Å². The molecule has 1 fully saturated rings. The van der Waals surface area contributed by atoms with Gasteiger partial charge in [0.1, 0.15) is 5.75 Å². The molecular formula is C27H45NO5S. The minimum absolute atomic E-state index is 0.106. The van der Waals surface area contributed by atoms with Crippen LogP contribution >= 0.6 is 0 Å². The van der Waals surface area contributed by atoms with Crippen LogP contribution in [-0.2, 0) is 26.2 Å². The third-order valence-corrected chi connectivity index (χ3v) is 6.83. The average Bonchev–Trinajstić information content (AvgIpc) is 3.30. The summed E-state index contributed by atoms with van der Waals surface area (Å²) >= 11 is 0. The largest absolute Gasteiger partial charge is 0.383 e. The van der Waals surface area contributed by atoms with Crippen LogP contribution in [-0.4, -0.2) is 44.7 Å². The van der Waals surface area contributed by atoms with E-state index in [-0.39, 0.29) is 17.8 Å². The van der Waals surface area contributed by atoms with E-state index in [0.29, 0.717) is 19.5 Å². The van der Waals surface area contributed by atoms with Crippen LogP contribution in [0.2, 0.25) is 0 Å². The van der Waals surface area contributed by atoms with Gasteiger partial charge in [0, 0.05) is 26.1 Å². The van der Waals surface area contributed by atoms with Crippen molar-refractivity contribution in [2.24, 2.45) is 0 Å². The second-order valence-electron chi connectivity index (χ2n) is 9.63. The van der Waals surface area contributed by atoms with Crippen LogP contribution in [0.3, 0.4) is 0 Å². The van der Waals surface area contributed by atoms with E-state index in [2.05, 4.69) is 6.92 Å². The first kappa shape index (κ1) is 28.6. The number of ether oxygens (including phenoxy) is 1. The van der Waals surface area contributed by atoms with E-state index in [4.69, 9.17) is 8.92 Å². The van der Waals surface area contributed by atoms with E-state index in [0.717, 1.165) is 44.1 Å². The zero-order valence-electron chi connectivity index (χ0n) is 21.3. The molecule has 0 N–H and O–H groups in total. The van der Waals surface area contributed by atoms with Gasteiger partial charge < -0.3 is 13.8 Å². The molecule has 1 aliphatic heterocycles. The van der Waals surface area contributed by atoms with E-state index in [1.165, 1.54) is 57.8 Å². The predicted molar refractivity (Wildman–Crippen MR) is 137 cm³/mol. The molecule has 1 unspecified atom stereocenters. The van der Waals surface area contributed by atoms with Gasteiger partial charge >= 0.3 is 10.1 Å². The van der Waals surface area contributed by atoms with Gasteiger partial charge in [-0.2, -0.15) is 8.42 Å². The summed E-state index contributed by atoms with van der Waals surface area (Å²) in [6.45, 7) is 4.12. The molecule has 0 spiro atoms. The third-order valence-electron chi connectivity index (χ3n) is 6.34. The van der Waals surface area contributed by atoms with E-state index in [9.17, 15) is 13.2 Å². The third kappa shape index (κ3) is 12.7. The van der Waals surface area contributed by atoms with Crippen molar-refractivity contribution >= 4 is 16.0 Å². The van der Waals surface area contributed by atoms with Gasteiger partial charge in [-0.15, -0.1) is 0 Å². The van der Waals surface area contributed by atoms with E-state index in [1.807, 2.05) is 17.0 Å². The molecule has 1 aliphatic rings. The Kier molecular flexibility index (Phi) is 13.6. The van der Waals surface area contributed by atoms with Gasteiger partial charge in [-0.25, -0.2) is 0 Å². The lowest BCUT2D eigenvalue weighted by Crippen LogP contribution is -2.36. The van der Waals surface area contributed by atoms with Crippen molar-refractivity contribution in [3.05, 3.63) is 29.8 Å². The quantitative estimate of drug-likeness (QED) is 0.178. The molecule has 1 amide bonds. The van der Waals surface area contributed by atoms with Crippen LogP contribution in [0.4, 0.5) is 0 Å². The number of carbonyl (C=O) groups excluding carboxylic acids is 1. The Balaban J connectivity index is 1.73. The van der Waals surface area contributed by atoms with Crippen molar-refractivity contribution in [3.63, 3.8) is 0 Å². The van der Waals surface area contributed by atoms with Crippen molar-refractivity contribution in [1.29, 1.82) is 0 Å². The molecule has 6 nitrogen and oxygen atoms in total. The summed E-state index contributed by atoms with van der Waals surface area (Å²) < 4.78 is 33.3. The standard InChI is InChI=1S/C27H45NO5S/c1-3-4-5-6-7-8-9-10-11-12-13-16-27(29)28(23-26-15-14-21-32-26)22-24-17-19-25(20-18-24)33-34(2,30)31/h17-20,26H,3-16,21-23H2,1-2H3. The zero-order chi connectivity index (χ0) is 24.7. The first-order chi connectivity index (χ1) is 16.4. The first-order valence-electron chi connectivity index (χ1n) is 13.2. The summed E-state index contributed by atoms with van der Waals surface area (Å²) in [5, 5.41) is 0. The fourth-order valence-corrected chi connectivity index (χ4v) is 4.89. The second-order valence-corrected chi connectivity index (χ2v) is 11.2. The summed E-state index contributed by atoms with van der Waals surface area (Å²) in [5.41, 5.74) is 0.950. The first-order valence-corrected chi connectivity index (χ1v) is 15.1. The lowest BCUT2D eigenvalue weighted by atomic mass is 10.0. The highest BCUT2D eigenvalue weighted by Gasteiger charge is 2.22. The number of amides is 1. The zero-order valence-corrected chi connectivity index (χ0v) is 22.1. The van der Waals surface area contributed by atoms with Crippen molar-refractivity contribution < 1.29 is 22.1 Å². The van der Waals surface area contributed by atoms with E-state index < -0.39 is 10.1 Å². The minimum Gasteiger partial charge on any atom is -0.383 e. The number of unbranched alkanes of at least 4 members (excludes halogenated alkanes) is 10. The molecule has 0 saturated carbocycles. The maximum Gasteiger partial charge on any atom is 0.306 e. The molecule has 7 heteroatoms. The van der Waals surface area contributed by atoms with Gasteiger partial charge in [0.25, 0.3) is 0 Å². The van der Waals surface area contributed by atoms with Crippen LogP contribution in [0.5, 0.6) is 5.75 Å². The Morgan fingerprint density at radius 3 is 2.09 bits per heavy atom. The maximum atomic E-state index is 13.0. The monoisotopic (exact) mass is 495 g/mol. The van der Waals surface area contributed by atoms with E-state index in [1.54, 1.807) is 12.1 Å². The van der Waals surface area contributed by atoms with Crippen molar-refractivity contribution in [1.82, 2.24) is 4.90 Å². The van der Waals surface area contributed by atoms with Gasteiger partial charge in [-0.3, -0.25) is 4.79 Å². The summed E-state index contributed by atoms with van der Waals surface area (Å²) in [6, 6.07) is 6.90. The average molecular weight is 496 g/mol. The molecule has 1 atom stereocenters. The molecule has 0 radical (unpaired) electrons. The number of benzene rings is 1. The Morgan fingerprint density at radius 2 is 1.56 bits per heavy atom. The highest BCUT2D eigenvalue weighted by Crippen LogP contribution is 2.19. The minimum atomic E-state index is -3.55. The van der Waals surface area contributed by atoms with Gasteiger partial charge in [-0.1, -0.05) is 83.3 Å². The molecule has 1 aromatic rings. The fourth-order valence-electron chi connectivity index (χ4n) is 4.43. The van der Waals surface area contributed by atoms with Gasteiger partial charge in [0.2, 0.25) is 5.91 Å². The lowest BCUT2D eigenvalue weighted by molar-refractivity contribution is -0.133. The van der Waals surface area contributed by atoms with Gasteiger partial charge in [-0.05, 0) is 37.0 Å². The highest BCUT2D eigenvalue weighted by atomic mass is 32.2. The maximum absolute atomic E-state index is 13.0. The molecule has 1 saturated heterocycles. The van der Waals surface area contributed by atoms with Crippen LogP contribution in [0.15, 0.2) is 24.3 Å². The molecule has 194 valence electrons. The molecule has 1 aromatic carbocycles. The molecule has 0 aliphatic carbocycles. The SMILES string of the molecule is CCCCCCCCCCCCCC(=O)N(Cc1ccc(OS(C)(=O)=O)cc1)CC1CCCO1. The van der Waals surface area contributed by atoms with Gasteiger partial charge in [0.05, 0.1) is 12.4 Å². The molecule has 0 aromatic heterocycles. The summed E-state index contributed by atoms with van der Waals surface area (Å²) in [7, 11) is -3.55. The van der Waals surface area contributed by atoms with Crippen molar-refractivity contribution in [3.8, 4) is 5.75 Å². The topological polar surface area (TPSA) is 72.9 Å². The molecule has 0 bridgehead atoms. The van der Waals surface area contributed by atoms with Crippen molar-refractivity contribution in [2.45, 2.75) is 109 Å². The molecular weight excluding hydrogens is 450 g/mol. The number of nitrogens with zero attached hydrogens (tertiary/aromatic N) is 1. The van der Waals surface area contributed by atoms with Gasteiger partial charge in [0.15, 0.2) is 0 Å². The van der Waals surface area contributed by atoms with E-state index >= 15 is 0 Å². The molecule has 1 heterocycles. The highest BCUT2D eigenvalue weighted by molar-refractivity contribution is 7.86. The number of hydrogen-bond donors (Lipinski definition) is 0. The Bertz CT molecular complexity index is 788. The number of rotatable bonds is 18. The Hall–Kier alpha value is -1.60. The summed E-state index contributed by atoms with van der Waals surface area (Å²) in [4.78, 5) is 14.9. The smallest absolute Gasteiger partial charge is 0.306 e.